The maximum Gasteiger partial charge on any atom is 0.251 e. The fourth-order valence-corrected chi connectivity index (χ4v) is 2.93. The van der Waals surface area contributed by atoms with E-state index in [4.69, 9.17) is 11.6 Å². The van der Waals surface area contributed by atoms with E-state index in [1.54, 1.807) is 47.4 Å². The fraction of sp³-hybridized carbons (Fsp3) is 0.211. The number of anilines is 2. The SMILES string of the molecule is O=C(CNC(=O)c1cccc(Cl)c1)Nc1ccc(N2CCCC2=O)cc1. The van der Waals surface area contributed by atoms with Gasteiger partial charge in [0.1, 0.15) is 0 Å². The van der Waals surface area contributed by atoms with Crippen molar-refractivity contribution in [2.24, 2.45) is 0 Å². The van der Waals surface area contributed by atoms with Crippen LogP contribution in [0.25, 0.3) is 0 Å². The lowest BCUT2D eigenvalue weighted by atomic mass is 10.2. The molecule has 2 N–H and O–H groups in total. The third kappa shape index (κ3) is 4.40. The normalized spacial score (nSPS) is 13.6. The Hall–Kier alpha value is -2.86. The summed E-state index contributed by atoms with van der Waals surface area (Å²) >= 11 is 5.84. The molecule has 0 saturated carbocycles. The topological polar surface area (TPSA) is 78.5 Å². The summed E-state index contributed by atoms with van der Waals surface area (Å²) < 4.78 is 0. The summed E-state index contributed by atoms with van der Waals surface area (Å²) in [5.74, 6) is -0.596. The van der Waals surface area contributed by atoms with Crippen LogP contribution in [0.15, 0.2) is 48.5 Å². The number of amides is 3. The molecule has 1 heterocycles. The Kier molecular flexibility index (Phi) is 5.53. The van der Waals surface area contributed by atoms with E-state index in [-0.39, 0.29) is 24.3 Å². The van der Waals surface area contributed by atoms with Gasteiger partial charge in [-0.1, -0.05) is 17.7 Å². The van der Waals surface area contributed by atoms with Crippen LogP contribution in [0.3, 0.4) is 0 Å². The van der Waals surface area contributed by atoms with Crippen LogP contribution < -0.4 is 15.5 Å². The van der Waals surface area contributed by atoms with Crippen LogP contribution in [-0.2, 0) is 9.59 Å². The number of halogens is 1. The van der Waals surface area contributed by atoms with E-state index in [1.165, 1.54) is 6.07 Å². The zero-order chi connectivity index (χ0) is 18.5. The number of carbonyl (C=O) groups excluding carboxylic acids is 3. The van der Waals surface area contributed by atoms with Gasteiger partial charge in [-0.05, 0) is 48.9 Å². The molecule has 7 heteroatoms. The third-order valence-corrected chi connectivity index (χ3v) is 4.27. The van der Waals surface area contributed by atoms with Crippen molar-refractivity contribution in [3.05, 3.63) is 59.1 Å². The van der Waals surface area contributed by atoms with Crippen LogP contribution in [-0.4, -0.2) is 30.8 Å². The Bertz CT molecular complexity index is 836. The first-order valence-electron chi connectivity index (χ1n) is 8.27. The number of benzene rings is 2. The van der Waals surface area contributed by atoms with E-state index in [9.17, 15) is 14.4 Å². The number of nitrogens with one attached hydrogen (secondary N) is 2. The minimum absolute atomic E-state index is 0.116. The second kappa shape index (κ2) is 8.01. The van der Waals surface area contributed by atoms with Crippen LogP contribution >= 0.6 is 11.6 Å². The zero-order valence-corrected chi connectivity index (χ0v) is 14.8. The molecule has 0 bridgehead atoms. The Morgan fingerprint density at radius 2 is 1.88 bits per heavy atom. The summed E-state index contributed by atoms with van der Waals surface area (Å²) in [4.78, 5) is 37.4. The molecule has 1 aliphatic rings. The van der Waals surface area contributed by atoms with E-state index in [0.29, 0.717) is 22.7 Å². The van der Waals surface area contributed by atoms with Gasteiger partial charge in [0, 0.05) is 34.9 Å². The molecule has 1 fully saturated rings. The van der Waals surface area contributed by atoms with Crippen molar-refractivity contribution in [1.82, 2.24) is 5.32 Å². The molecular weight excluding hydrogens is 354 g/mol. The van der Waals surface area contributed by atoms with Gasteiger partial charge in [0.25, 0.3) is 5.91 Å². The predicted molar refractivity (Wildman–Crippen MR) is 100 cm³/mol. The van der Waals surface area contributed by atoms with Crippen LogP contribution in [0, 0.1) is 0 Å². The molecule has 1 saturated heterocycles. The minimum Gasteiger partial charge on any atom is -0.343 e. The Morgan fingerprint density at radius 3 is 2.54 bits per heavy atom. The molecule has 1 aliphatic heterocycles. The smallest absolute Gasteiger partial charge is 0.251 e. The van der Waals surface area contributed by atoms with E-state index >= 15 is 0 Å². The second-order valence-electron chi connectivity index (χ2n) is 5.94. The molecule has 3 rings (SSSR count). The average Bonchev–Trinajstić information content (AvgIpc) is 3.06. The summed E-state index contributed by atoms with van der Waals surface area (Å²) in [6.07, 6.45) is 1.44. The maximum absolute atomic E-state index is 12.0. The van der Waals surface area contributed by atoms with Gasteiger partial charge in [-0.25, -0.2) is 0 Å². The number of nitrogens with zero attached hydrogens (tertiary/aromatic N) is 1. The number of hydrogen-bond donors (Lipinski definition) is 2. The van der Waals surface area contributed by atoms with Crippen molar-refractivity contribution in [1.29, 1.82) is 0 Å². The molecule has 2 aromatic carbocycles. The Labute approximate surface area is 156 Å². The van der Waals surface area contributed by atoms with Crippen molar-refractivity contribution in [3.8, 4) is 0 Å². The summed E-state index contributed by atoms with van der Waals surface area (Å²) in [7, 11) is 0. The summed E-state index contributed by atoms with van der Waals surface area (Å²) in [5.41, 5.74) is 1.81. The molecule has 26 heavy (non-hydrogen) atoms. The van der Waals surface area contributed by atoms with Gasteiger partial charge in [-0.2, -0.15) is 0 Å². The maximum atomic E-state index is 12.0. The number of rotatable bonds is 5. The molecule has 6 nitrogen and oxygen atoms in total. The first-order chi connectivity index (χ1) is 12.5. The molecule has 2 aromatic rings. The van der Waals surface area contributed by atoms with Crippen molar-refractivity contribution >= 4 is 40.7 Å². The highest BCUT2D eigenvalue weighted by molar-refractivity contribution is 6.31. The lowest BCUT2D eigenvalue weighted by Crippen LogP contribution is -2.32. The minimum atomic E-state index is -0.370. The zero-order valence-electron chi connectivity index (χ0n) is 14.0. The van der Waals surface area contributed by atoms with E-state index < -0.39 is 0 Å². The monoisotopic (exact) mass is 371 g/mol. The summed E-state index contributed by atoms with van der Waals surface area (Å²) in [6, 6.07) is 13.6. The van der Waals surface area contributed by atoms with Gasteiger partial charge in [-0.3, -0.25) is 14.4 Å². The van der Waals surface area contributed by atoms with Gasteiger partial charge in [0.2, 0.25) is 11.8 Å². The average molecular weight is 372 g/mol. The standard InChI is InChI=1S/C19H18ClN3O3/c20-14-4-1-3-13(11-14)19(26)21-12-17(24)22-15-6-8-16(9-7-15)23-10-2-5-18(23)25/h1,3-4,6-9,11H,2,5,10,12H2,(H,21,26)(H,22,24). The van der Waals surface area contributed by atoms with Crippen molar-refractivity contribution in [2.75, 3.05) is 23.3 Å². The molecule has 0 spiro atoms. The lowest BCUT2D eigenvalue weighted by molar-refractivity contribution is -0.117. The van der Waals surface area contributed by atoms with Gasteiger partial charge in [0.05, 0.1) is 6.54 Å². The summed E-state index contributed by atoms with van der Waals surface area (Å²) in [6.45, 7) is 0.567. The van der Waals surface area contributed by atoms with Gasteiger partial charge >= 0.3 is 0 Å². The lowest BCUT2D eigenvalue weighted by Gasteiger charge is -2.16. The van der Waals surface area contributed by atoms with Gasteiger partial charge < -0.3 is 15.5 Å². The van der Waals surface area contributed by atoms with E-state index in [2.05, 4.69) is 10.6 Å². The molecular formula is C19H18ClN3O3. The largest absolute Gasteiger partial charge is 0.343 e. The summed E-state index contributed by atoms with van der Waals surface area (Å²) in [5, 5.41) is 5.71. The van der Waals surface area contributed by atoms with Crippen molar-refractivity contribution in [3.63, 3.8) is 0 Å². The second-order valence-corrected chi connectivity index (χ2v) is 6.37. The quantitative estimate of drug-likeness (QED) is 0.848. The molecule has 0 radical (unpaired) electrons. The Balaban J connectivity index is 1.51. The van der Waals surface area contributed by atoms with Crippen LogP contribution in [0.2, 0.25) is 5.02 Å². The molecule has 0 unspecified atom stereocenters. The molecule has 0 atom stereocenters. The first kappa shape index (κ1) is 17.9. The molecule has 134 valence electrons. The van der Waals surface area contributed by atoms with Crippen molar-refractivity contribution < 1.29 is 14.4 Å². The van der Waals surface area contributed by atoms with E-state index in [1.807, 2.05) is 0 Å². The van der Waals surface area contributed by atoms with Crippen LogP contribution in [0.1, 0.15) is 23.2 Å². The van der Waals surface area contributed by atoms with E-state index in [0.717, 1.165) is 18.7 Å². The highest BCUT2D eigenvalue weighted by Crippen LogP contribution is 2.22. The van der Waals surface area contributed by atoms with Gasteiger partial charge in [0.15, 0.2) is 0 Å². The Morgan fingerprint density at radius 1 is 1.12 bits per heavy atom. The molecule has 0 aromatic heterocycles. The fourth-order valence-electron chi connectivity index (χ4n) is 2.74. The molecule has 3 amide bonds. The number of carbonyl (C=O) groups is 3. The van der Waals surface area contributed by atoms with Crippen molar-refractivity contribution in [2.45, 2.75) is 12.8 Å². The highest BCUT2D eigenvalue weighted by Gasteiger charge is 2.21. The predicted octanol–water partition coefficient (Wildman–Crippen LogP) is 2.84. The van der Waals surface area contributed by atoms with Gasteiger partial charge in [-0.15, -0.1) is 0 Å². The van der Waals surface area contributed by atoms with Crippen LogP contribution in [0.4, 0.5) is 11.4 Å². The number of hydrogen-bond acceptors (Lipinski definition) is 3. The third-order valence-electron chi connectivity index (χ3n) is 4.03. The van der Waals surface area contributed by atoms with Crippen LogP contribution in [0.5, 0.6) is 0 Å². The highest BCUT2D eigenvalue weighted by atomic mass is 35.5. The molecule has 0 aliphatic carbocycles. The first-order valence-corrected chi connectivity index (χ1v) is 8.65.